The van der Waals surface area contributed by atoms with Gasteiger partial charge in [0.25, 0.3) is 0 Å². The predicted molar refractivity (Wildman–Crippen MR) is 201 cm³/mol. The van der Waals surface area contributed by atoms with E-state index in [0.717, 1.165) is 41.8 Å². The molecular formula is C46H46N2. The van der Waals surface area contributed by atoms with Crippen LogP contribution in [0.4, 0.5) is 0 Å². The average molecular weight is 627 g/mol. The highest BCUT2D eigenvalue weighted by molar-refractivity contribution is 5.82. The summed E-state index contributed by atoms with van der Waals surface area (Å²) in [4.78, 5) is 9.13. The van der Waals surface area contributed by atoms with E-state index in [1.165, 1.54) is 44.5 Å². The van der Waals surface area contributed by atoms with Crippen LogP contribution < -0.4 is 0 Å². The molecule has 2 heteroatoms. The number of benzene rings is 4. The zero-order chi connectivity index (χ0) is 33.5. The van der Waals surface area contributed by atoms with Crippen LogP contribution in [0.2, 0.25) is 0 Å². The lowest BCUT2D eigenvalue weighted by Crippen LogP contribution is -2.27. The van der Waals surface area contributed by atoms with Gasteiger partial charge in [0.05, 0.1) is 11.4 Å². The Bertz CT molecular complexity index is 2040. The van der Waals surface area contributed by atoms with Crippen molar-refractivity contribution in [1.82, 2.24) is 9.97 Å². The summed E-state index contributed by atoms with van der Waals surface area (Å²) in [7, 11) is 0. The van der Waals surface area contributed by atoms with Crippen LogP contribution in [-0.2, 0) is 16.2 Å². The molecule has 1 atom stereocenters. The van der Waals surface area contributed by atoms with Gasteiger partial charge in [-0.2, -0.15) is 0 Å². The molecule has 48 heavy (non-hydrogen) atoms. The first-order valence-electron chi connectivity index (χ1n) is 17.6. The topological polar surface area (TPSA) is 25.8 Å². The zero-order valence-electron chi connectivity index (χ0n) is 29.2. The molecule has 2 heterocycles. The second-order valence-corrected chi connectivity index (χ2v) is 14.2. The van der Waals surface area contributed by atoms with Gasteiger partial charge in [0, 0.05) is 39.8 Å². The second-order valence-electron chi connectivity index (χ2n) is 14.2. The number of hydrogen-bond donors (Lipinski definition) is 0. The van der Waals surface area contributed by atoms with Crippen LogP contribution in [0.5, 0.6) is 0 Å². The van der Waals surface area contributed by atoms with E-state index in [9.17, 15) is 0 Å². The van der Waals surface area contributed by atoms with E-state index in [1.807, 2.05) is 30.6 Å². The molecule has 2 aromatic heterocycles. The van der Waals surface area contributed by atoms with Crippen LogP contribution in [-0.4, -0.2) is 9.97 Å². The molecule has 0 saturated carbocycles. The molecule has 2 nitrogen and oxygen atoms in total. The molecule has 1 aliphatic rings. The van der Waals surface area contributed by atoms with Crippen molar-refractivity contribution in [2.75, 3.05) is 0 Å². The number of rotatable bonds is 9. The van der Waals surface area contributed by atoms with Crippen LogP contribution in [0.15, 0.2) is 134 Å². The molecular weight excluding hydrogens is 581 g/mol. The Morgan fingerprint density at radius 2 is 0.958 bits per heavy atom. The van der Waals surface area contributed by atoms with Crippen molar-refractivity contribution in [1.29, 1.82) is 0 Å². The van der Waals surface area contributed by atoms with Crippen molar-refractivity contribution >= 4 is 0 Å². The molecule has 0 saturated heterocycles. The lowest BCUT2D eigenvalue weighted by Gasteiger charge is -2.35. The summed E-state index contributed by atoms with van der Waals surface area (Å²) < 4.78 is 0. The summed E-state index contributed by atoms with van der Waals surface area (Å²) in [6.07, 6.45) is 6.81. The third kappa shape index (κ3) is 5.10. The van der Waals surface area contributed by atoms with Crippen LogP contribution in [0.3, 0.4) is 0 Å². The summed E-state index contributed by atoms with van der Waals surface area (Å²) in [6, 6.07) is 44.9. The highest BCUT2D eigenvalue weighted by Gasteiger charge is 2.40. The first-order chi connectivity index (χ1) is 23.2. The van der Waals surface area contributed by atoms with E-state index in [4.69, 9.17) is 0 Å². The van der Waals surface area contributed by atoms with Gasteiger partial charge in [-0.25, -0.2) is 0 Å². The molecule has 0 fully saturated rings. The van der Waals surface area contributed by atoms with E-state index in [0.29, 0.717) is 0 Å². The minimum absolute atomic E-state index is 0.0596. The van der Waals surface area contributed by atoms with Gasteiger partial charge in [0.15, 0.2) is 0 Å². The monoisotopic (exact) mass is 626 g/mol. The Balaban J connectivity index is 1.24. The molecule has 0 spiro atoms. The fourth-order valence-corrected chi connectivity index (χ4v) is 8.22. The molecule has 0 aliphatic heterocycles. The van der Waals surface area contributed by atoms with Crippen LogP contribution >= 0.6 is 0 Å². The minimum atomic E-state index is -0.107. The van der Waals surface area contributed by atoms with E-state index in [1.54, 1.807) is 0 Å². The van der Waals surface area contributed by atoms with Crippen molar-refractivity contribution in [3.63, 3.8) is 0 Å². The number of aromatic nitrogens is 2. The van der Waals surface area contributed by atoms with E-state index >= 15 is 0 Å². The lowest BCUT2D eigenvalue weighted by molar-refractivity contribution is 0.477. The molecule has 6 aromatic rings. The third-order valence-electron chi connectivity index (χ3n) is 11.7. The molecule has 4 aromatic carbocycles. The Morgan fingerprint density at radius 1 is 0.500 bits per heavy atom. The minimum Gasteiger partial charge on any atom is -0.256 e. The number of hydrogen-bond acceptors (Lipinski definition) is 2. The van der Waals surface area contributed by atoms with Crippen molar-refractivity contribution < 1.29 is 0 Å². The summed E-state index contributed by atoms with van der Waals surface area (Å²) in [5.41, 5.74) is 15.1. The first kappa shape index (κ1) is 31.8. The molecule has 0 radical (unpaired) electrons. The second kappa shape index (κ2) is 12.3. The van der Waals surface area contributed by atoms with Gasteiger partial charge in [-0.05, 0) is 88.0 Å². The molecule has 0 bridgehead atoms. The lowest BCUT2D eigenvalue weighted by atomic mass is 9.69. The Kier molecular flexibility index (Phi) is 8.16. The zero-order valence-corrected chi connectivity index (χ0v) is 29.2. The summed E-state index contributed by atoms with van der Waals surface area (Å²) in [6.45, 7) is 14.2. The SMILES string of the molecule is CCC(C)(c1ccc(-c2ccccn2)cc1)c1ccc2c(c1)C(C)(C)c1cc(C(CC)(CC)c3ccc(-c4ccccn4)cc3)ccc1-2. The van der Waals surface area contributed by atoms with Crippen molar-refractivity contribution in [3.8, 4) is 33.6 Å². The molecule has 7 rings (SSSR count). The van der Waals surface area contributed by atoms with E-state index in [-0.39, 0.29) is 16.2 Å². The normalized spacial score (nSPS) is 14.6. The van der Waals surface area contributed by atoms with Gasteiger partial charge in [-0.1, -0.05) is 139 Å². The molecule has 240 valence electrons. The average Bonchev–Trinajstić information content (AvgIpc) is 3.38. The van der Waals surface area contributed by atoms with E-state index < -0.39 is 0 Å². The summed E-state index contributed by atoms with van der Waals surface area (Å²) >= 11 is 0. The van der Waals surface area contributed by atoms with Crippen LogP contribution in [0, 0.1) is 0 Å². The number of fused-ring (bicyclic) bond motifs is 3. The van der Waals surface area contributed by atoms with Crippen molar-refractivity contribution in [3.05, 3.63) is 167 Å². The predicted octanol–water partition coefficient (Wildman–Crippen LogP) is 11.9. The fourth-order valence-electron chi connectivity index (χ4n) is 8.22. The highest BCUT2D eigenvalue weighted by atomic mass is 14.7. The fraction of sp³-hybridized carbons (Fsp3) is 0.261. The molecule has 1 unspecified atom stereocenters. The van der Waals surface area contributed by atoms with Gasteiger partial charge < -0.3 is 0 Å². The number of pyridine rings is 2. The largest absolute Gasteiger partial charge is 0.256 e. The first-order valence-corrected chi connectivity index (χ1v) is 17.6. The maximum atomic E-state index is 4.57. The van der Waals surface area contributed by atoms with Crippen molar-refractivity contribution in [2.45, 2.75) is 77.0 Å². The van der Waals surface area contributed by atoms with Gasteiger partial charge in [0.1, 0.15) is 0 Å². The van der Waals surface area contributed by atoms with Gasteiger partial charge in [0.2, 0.25) is 0 Å². The van der Waals surface area contributed by atoms with Crippen molar-refractivity contribution in [2.24, 2.45) is 0 Å². The van der Waals surface area contributed by atoms with E-state index in [2.05, 4.69) is 155 Å². The maximum absolute atomic E-state index is 4.57. The maximum Gasteiger partial charge on any atom is 0.0701 e. The smallest absolute Gasteiger partial charge is 0.0701 e. The van der Waals surface area contributed by atoms with Gasteiger partial charge >= 0.3 is 0 Å². The summed E-state index contributed by atoms with van der Waals surface area (Å²) in [5, 5.41) is 0. The van der Waals surface area contributed by atoms with Gasteiger partial charge in [-0.3, -0.25) is 9.97 Å². The quantitative estimate of drug-likeness (QED) is 0.160. The number of nitrogens with zero attached hydrogens (tertiary/aromatic N) is 2. The van der Waals surface area contributed by atoms with Crippen LogP contribution in [0.25, 0.3) is 33.6 Å². The Labute approximate surface area is 287 Å². The third-order valence-corrected chi connectivity index (χ3v) is 11.7. The molecule has 0 N–H and O–H groups in total. The Hall–Kier alpha value is -4.82. The standard InChI is InChI=1S/C46H46N2/c1-7-45(6,34-20-16-32(17-21-34)42-14-10-12-28-47-42)36-24-26-38-39-27-25-37(31-41(39)44(4,5)40(38)30-36)46(8-2,9-3)35-22-18-33(19-23-35)43-15-11-13-29-48-43/h10-31H,7-9H2,1-6H3. The Morgan fingerprint density at radius 3 is 1.42 bits per heavy atom. The molecule has 1 aliphatic carbocycles. The summed E-state index contributed by atoms with van der Waals surface area (Å²) in [5.74, 6) is 0. The highest BCUT2D eigenvalue weighted by Crippen LogP contribution is 2.52. The molecule has 0 amide bonds. The van der Waals surface area contributed by atoms with Crippen LogP contribution in [0.1, 0.15) is 94.2 Å². The van der Waals surface area contributed by atoms with Gasteiger partial charge in [-0.15, -0.1) is 0 Å².